The summed E-state index contributed by atoms with van der Waals surface area (Å²) in [7, 11) is 0. The molecule has 0 atom stereocenters. The van der Waals surface area contributed by atoms with Crippen molar-refractivity contribution in [1.29, 1.82) is 0 Å². The van der Waals surface area contributed by atoms with Crippen molar-refractivity contribution in [3.05, 3.63) is 38.3 Å². The number of nitrogens with zero attached hydrogens (tertiary/aromatic N) is 1. The summed E-state index contributed by atoms with van der Waals surface area (Å²) in [5.41, 5.74) is -0.0494. The second kappa shape index (κ2) is 7.20. The summed E-state index contributed by atoms with van der Waals surface area (Å²) in [4.78, 5) is 21.9. The number of hydrogen-bond donors (Lipinski definition) is 0. The minimum Gasteiger partial charge on any atom is -0.460 e. The third-order valence-electron chi connectivity index (χ3n) is 2.16. The number of halogens is 1. The van der Waals surface area contributed by atoms with Gasteiger partial charge in [0.15, 0.2) is 0 Å². The lowest BCUT2D eigenvalue weighted by molar-refractivity contribution is -0.385. The van der Waals surface area contributed by atoms with Gasteiger partial charge in [-0.05, 0) is 35.8 Å². The minimum atomic E-state index is -0.622. The zero-order valence-corrected chi connectivity index (χ0v) is 12.2. The molecule has 0 aromatic heterocycles. The third kappa shape index (κ3) is 4.60. The molecule has 7 heteroatoms. The van der Waals surface area contributed by atoms with Crippen molar-refractivity contribution in [2.24, 2.45) is 0 Å². The highest BCUT2D eigenvalue weighted by atomic mass is 79.9. The monoisotopic (exact) mass is 331 g/mol. The number of nitro benzene ring substituents is 1. The number of ether oxygens (including phenoxy) is 2. The molecule has 0 aliphatic carbocycles. The van der Waals surface area contributed by atoms with E-state index in [-0.39, 0.29) is 35.0 Å². The van der Waals surface area contributed by atoms with Crippen LogP contribution in [0.4, 0.5) is 5.69 Å². The molecule has 0 aliphatic heterocycles. The SMILES string of the molecule is CC(C)OCCOC(=O)c1cccc([N+](=O)[O-])c1Br. The molecule has 1 rings (SSSR count). The van der Waals surface area contributed by atoms with Crippen molar-refractivity contribution in [3.63, 3.8) is 0 Å². The van der Waals surface area contributed by atoms with Gasteiger partial charge in [-0.3, -0.25) is 10.1 Å². The number of carbonyl (C=O) groups is 1. The van der Waals surface area contributed by atoms with Gasteiger partial charge in [-0.2, -0.15) is 0 Å². The predicted molar refractivity (Wildman–Crippen MR) is 72.2 cm³/mol. The first kappa shape index (κ1) is 15.6. The lowest BCUT2D eigenvalue weighted by atomic mass is 10.2. The molecule has 0 saturated heterocycles. The maximum absolute atomic E-state index is 11.8. The number of rotatable bonds is 6. The van der Waals surface area contributed by atoms with Crippen LogP contribution in [0, 0.1) is 10.1 Å². The van der Waals surface area contributed by atoms with Gasteiger partial charge in [-0.25, -0.2) is 4.79 Å². The molecule has 0 bridgehead atoms. The van der Waals surface area contributed by atoms with Crippen LogP contribution >= 0.6 is 15.9 Å². The first-order valence-corrected chi connectivity index (χ1v) is 6.44. The lowest BCUT2D eigenvalue weighted by Crippen LogP contribution is -2.14. The van der Waals surface area contributed by atoms with Crippen LogP contribution in [0.25, 0.3) is 0 Å². The number of esters is 1. The highest BCUT2D eigenvalue weighted by molar-refractivity contribution is 9.10. The summed E-state index contributed by atoms with van der Waals surface area (Å²) in [5.74, 6) is -0.622. The predicted octanol–water partition coefficient (Wildman–Crippen LogP) is 2.94. The zero-order valence-electron chi connectivity index (χ0n) is 10.6. The van der Waals surface area contributed by atoms with E-state index < -0.39 is 10.9 Å². The van der Waals surface area contributed by atoms with Gasteiger partial charge in [0.2, 0.25) is 0 Å². The van der Waals surface area contributed by atoms with Crippen molar-refractivity contribution in [2.45, 2.75) is 20.0 Å². The average Bonchev–Trinajstić information content (AvgIpc) is 2.34. The fraction of sp³-hybridized carbons (Fsp3) is 0.417. The maximum Gasteiger partial charge on any atom is 0.339 e. The standard InChI is InChI=1S/C12H14BrNO5/c1-8(2)18-6-7-19-12(15)9-4-3-5-10(11(9)13)14(16)17/h3-5,8H,6-7H2,1-2H3. The molecule has 0 saturated carbocycles. The highest BCUT2D eigenvalue weighted by Crippen LogP contribution is 2.28. The van der Waals surface area contributed by atoms with Crippen LogP contribution in [-0.2, 0) is 9.47 Å². The van der Waals surface area contributed by atoms with Crippen LogP contribution in [0.15, 0.2) is 22.7 Å². The van der Waals surface area contributed by atoms with E-state index in [1.807, 2.05) is 13.8 Å². The third-order valence-corrected chi connectivity index (χ3v) is 3.00. The van der Waals surface area contributed by atoms with Crippen LogP contribution in [0.1, 0.15) is 24.2 Å². The topological polar surface area (TPSA) is 78.7 Å². The largest absolute Gasteiger partial charge is 0.460 e. The normalized spacial score (nSPS) is 10.5. The van der Waals surface area contributed by atoms with Crippen molar-refractivity contribution in [1.82, 2.24) is 0 Å². The molecule has 0 aliphatic rings. The molecule has 6 nitrogen and oxygen atoms in total. The molecular formula is C12H14BrNO5. The molecule has 0 fully saturated rings. The Bertz CT molecular complexity index is 475. The molecule has 0 N–H and O–H groups in total. The van der Waals surface area contributed by atoms with E-state index in [0.717, 1.165) is 0 Å². The van der Waals surface area contributed by atoms with Crippen LogP contribution < -0.4 is 0 Å². The first-order chi connectivity index (χ1) is 8.93. The van der Waals surface area contributed by atoms with Crippen LogP contribution in [0.3, 0.4) is 0 Å². The Balaban J connectivity index is 2.67. The van der Waals surface area contributed by atoms with E-state index in [9.17, 15) is 14.9 Å². The van der Waals surface area contributed by atoms with Gasteiger partial charge in [0, 0.05) is 6.07 Å². The van der Waals surface area contributed by atoms with Gasteiger partial charge in [0.05, 0.1) is 23.2 Å². The maximum atomic E-state index is 11.8. The first-order valence-electron chi connectivity index (χ1n) is 5.65. The fourth-order valence-corrected chi connectivity index (χ4v) is 1.89. The summed E-state index contributed by atoms with van der Waals surface area (Å²) in [5, 5.41) is 10.7. The van der Waals surface area contributed by atoms with Crippen molar-refractivity contribution < 1.29 is 19.2 Å². The molecule has 0 unspecified atom stereocenters. The van der Waals surface area contributed by atoms with Crippen molar-refractivity contribution in [3.8, 4) is 0 Å². The van der Waals surface area contributed by atoms with Gasteiger partial charge in [-0.15, -0.1) is 0 Å². The number of carbonyl (C=O) groups excluding carboxylic acids is 1. The van der Waals surface area contributed by atoms with E-state index in [0.29, 0.717) is 0 Å². The van der Waals surface area contributed by atoms with Gasteiger partial charge in [0.25, 0.3) is 5.69 Å². The molecule has 19 heavy (non-hydrogen) atoms. The van der Waals surface area contributed by atoms with Crippen LogP contribution in [0.2, 0.25) is 0 Å². The molecule has 0 heterocycles. The number of nitro groups is 1. The van der Waals surface area contributed by atoms with Gasteiger partial charge >= 0.3 is 5.97 Å². The van der Waals surface area contributed by atoms with Crippen molar-refractivity contribution in [2.75, 3.05) is 13.2 Å². The van der Waals surface area contributed by atoms with Gasteiger partial charge in [0.1, 0.15) is 11.1 Å². The van der Waals surface area contributed by atoms with Gasteiger partial charge < -0.3 is 9.47 Å². The van der Waals surface area contributed by atoms with E-state index >= 15 is 0 Å². The van der Waals surface area contributed by atoms with Crippen LogP contribution in [-0.4, -0.2) is 30.2 Å². The Morgan fingerprint density at radius 2 is 2.11 bits per heavy atom. The summed E-state index contributed by atoms with van der Waals surface area (Å²) in [6, 6.07) is 4.20. The molecule has 0 radical (unpaired) electrons. The highest BCUT2D eigenvalue weighted by Gasteiger charge is 2.20. The lowest BCUT2D eigenvalue weighted by Gasteiger charge is -2.09. The molecule has 1 aromatic carbocycles. The average molecular weight is 332 g/mol. The quantitative estimate of drug-likeness (QED) is 0.346. The summed E-state index contributed by atoms with van der Waals surface area (Å²) in [6.07, 6.45) is 0.0586. The Labute approximate surface area is 119 Å². The Morgan fingerprint density at radius 3 is 2.68 bits per heavy atom. The molecule has 1 aromatic rings. The number of benzene rings is 1. The summed E-state index contributed by atoms with van der Waals surface area (Å²) >= 11 is 3.04. The molecule has 0 spiro atoms. The second-order valence-electron chi connectivity index (χ2n) is 3.95. The van der Waals surface area contributed by atoms with Gasteiger partial charge in [-0.1, -0.05) is 6.07 Å². The second-order valence-corrected chi connectivity index (χ2v) is 4.74. The fourth-order valence-electron chi connectivity index (χ4n) is 1.31. The van der Waals surface area contributed by atoms with E-state index in [1.54, 1.807) is 0 Å². The van der Waals surface area contributed by atoms with E-state index in [1.165, 1.54) is 18.2 Å². The zero-order chi connectivity index (χ0) is 14.4. The molecule has 104 valence electrons. The Hall–Kier alpha value is -1.47. The smallest absolute Gasteiger partial charge is 0.339 e. The number of hydrogen-bond acceptors (Lipinski definition) is 5. The van der Waals surface area contributed by atoms with Crippen molar-refractivity contribution >= 4 is 27.6 Å². The van der Waals surface area contributed by atoms with Crippen LogP contribution in [0.5, 0.6) is 0 Å². The minimum absolute atomic E-state index is 0.0586. The van der Waals surface area contributed by atoms with E-state index in [2.05, 4.69) is 15.9 Å². The van der Waals surface area contributed by atoms with E-state index in [4.69, 9.17) is 9.47 Å². The Kier molecular flexibility index (Phi) is 5.91. The Morgan fingerprint density at radius 1 is 1.42 bits per heavy atom. The summed E-state index contributed by atoms with van der Waals surface area (Å²) < 4.78 is 10.3. The molecule has 0 amide bonds. The summed E-state index contributed by atoms with van der Waals surface area (Å²) in [6.45, 7) is 4.14. The molecular weight excluding hydrogens is 318 g/mol.